The van der Waals surface area contributed by atoms with E-state index >= 15 is 0 Å². The minimum absolute atomic E-state index is 0.00715. The third-order valence-electron chi connectivity index (χ3n) is 2.91. The van der Waals surface area contributed by atoms with E-state index in [9.17, 15) is 5.11 Å². The van der Waals surface area contributed by atoms with E-state index in [1.807, 2.05) is 25.1 Å². The summed E-state index contributed by atoms with van der Waals surface area (Å²) < 4.78 is 10.5. The fourth-order valence-corrected chi connectivity index (χ4v) is 2.78. The summed E-state index contributed by atoms with van der Waals surface area (Å²) in [5, 5.41) is 12.2. The van der Waals surface area contributed by atoms with Crippen molar-refractivity contribution in [1.82, 2.24) is 4.98 Å². The topological polar surface area (TPSA) is 54.5 Å². The molecule has 1 heterocycles. The number of aromatic amines is 1. The molecule has 0 aliphatic carbocycles. The largest absolute Gasteiger partial charge is 0.390 e. The number of fused-ring (bicyclic) bond motifs is 1. The number of hydrogen-bond acceptors (Lipinski definition) is 4. The Morgan fingerprint density at radius 1 is 1.30 bits per heavy atom. The maximum absolute atomic E-state index is 9.90. The van der Waals surface area contributed by atoms with Crippen molar-refractivity contribution in [2.75, 3.05) is 26.1 Å². The molecule has 2 atom stereocenters. The van der Waals surface area contributed by atoms with Crippen LogP contribution in [-0.4, -0.2) is 48.4 Å². The second kappa shape index (κ2) is 7.69. The van der Waals surface area contributed by atoms with Crippen LogP contribution in [-0.2, 0) is 9.47 Å². The van der Waals surface area contributed by atoms with Gasteiger partial charge in [-0.2, -0.15) is 0 Å². The van der Waals surface area contributed by atoms with E-state index in [1.54, 1.807) is 18.9 Å². The molecular weight excluding hydrogens is 274 g/mol. The van der Waals surface area contributed by atoms with Crippen molar-refractivity contribution in [1.29, 1.82) is 0 Å². The van der Waals surface area contributed by atoms with E-state index < -0.39 is 6.10 Å². The molecule has 0 aliphatic rings. The number of nitrogens with one attached hydrogen (secondary N) is 1. The average molecular weight is 295 g/mol. The van der Waals surface area contributed by atoms with Gasteiger partial charge in [0.25, 0.3) is 0 Å². The number of hydrogen-bond donors (Lipinski definition) is 2. The molecule has 0 spiro atoms. The summed E-state index contributed by atoms with van der Waals surface area (Å²) in [5.41, 5.74) is 1.12. The maximum atomic E-state index is 9.90. The highest BCUT2D eigenvalue weighted by atomic mass is 32.2. The number of ether oxygens (including phenoxy) is 2. The third kappa shape index (κ3) is 4.52. The van der Waals surface area contributed by atoms with E-state index in [-0.39, 0.29) is 6.10 Å². The number of thioether (sulfide) groups is 1. The summed E-state index contributed by atoms with van der Waals surface area (Å²) in [6.07, 6.45) is -0.474. The minimum Gasteiger partial charge on any atom is -0.390 e. The molecule has 110 valence electrons. The van der Waals surface area contributed by atoms with Crippen LogP contribution >= 0.6 is 11.8 Å². The molecule has 0 radical (unpaired) electrons. The molecule has 0 bridgehead atoms. The number of aromatic nitrogens is 1. The molecule has 2 N–H and O–H groups in total. The van der Waals surface area contributed by atoms with Gasteiger partial charge in [-0.1, -0.05) is 18.2 Å². The summed E-state index contributed by atoms with van der Waals surface area (Å²) in [7, 11) is 1.64. The van der Waals surface area contributed by atoms with E-state index in [0.29, 0.717) is 19.0 Å². The van der Waals surface area contributed by atoms with Gasteiger partial charge in [0.15, 0.2) is 0 Å². The van der Waals surface area contributed by atoms with Crippen molar-refractivity contribution in [2.24, 2.45) is 0 Å². The second-order valence-electron chi connectivity index (χ2n) is 4.78. The molecule has 0 saturated heterocycles. The molecule has 4 nitrogen and oxygen atoms in total. The zero-order chi connectivity index (χ0) is 14.4. The molecule has 0 saturated carbocycles. The standard InChI is InChI=1S/C15H21NO3S/c1-11(8-18-2)19-9-13(17)10-20-15-7-12-5-3-4-6-14(12)16-15/h3-7,11,13,16-17H,8-10H2,1-2H3. The quantitative estimate of drug-likeness (QED) is 0.735. The van der Waals surface area contributed by atoms with Crippen LogP contribution in [0.4, 0.5) is 0 Å². The van der Waals surface area contributed by atoms with Crippen molar-refractivity contribution in [3.05, 3.63) is 30.3 Å². The molecule has 2 aromatic rings. The lowest BCUT2D eigenvalue weighted by Crippen LogP contribution is -2.24. The maximum Gasteiger partial charge on any atom is 0.0868 e. The highest BCUT2D eigenvalue weighted by Gasteiger charge is 2.09. The first-order valence-corrected chi connectivity index (χ1v) is 7.66. The first-order chi connectivity index (χ1) is 9.69. The Balaban J connectivity index is 1.76. The zero-order valence-corrected chi connectivity index (χ0v) is 12.7. The predicted octanol–water partition coefficient (Wildman–Crippen LogP) is 2.67. The van der Waals surface area contributed by atoms with E-state index in [0.717, 1.165) is 10.5 Å². The second-order valence-corrected chi connectivity index (χ2v) is 5.85. The first-order valence-electron chi connectivity index (χ1n) is 6.68. The van der Waals surface area contributed by atoms with Gasteiger partial charge in [0, 0.05) is 23.8 Å². The third-order valence-corrected chi connectivity index (χ3v) is 3.99. The van der Waals surface area contributed by atoms with Gasteiger partial charge in [0.2, 0.25) is 0 Å². The van der Waals surface area contributed by atoms with Gasteiger partial charge in [0.05, 0.1) is 30.4 Å². The number of para-hydroxylation sites is 1. The van der Waals surface area contributed by atoms with Crippen LogP contribution in [0.15, 0.2) is 35.4 Å². The monoisotopic (exact) mass is 295 g/mol. The van der Waals surface area contributed by atoms with Crippen LogP contribution in [0, 0.1) is 0 Å². The Morgan fingerprint density at radius 2 is 2.10 bits per heavy atom. The van der Waals surface area contributed by atoms with Gasteiger partial charge in [-0.05, 0) is 19.1 Å². The van der Waals surface area contributed by atoms with Crippen LogP contribution in [0.3, 0.4) is 0 Å². The molecule has 2 unspecified atom stereocenters. The molecule has 0 amide bonds. The normalized spacial score (nSPS) is 14.6. The Kier molecular flexibility index (Phi) is 5.91. The minimum atomic E-state index is -0.481. The van der Waals surface area contributed by atoms with E-state index in [2.05, 4.69) is 17.1 Å². The fraction of sp³-hybridized carbons (Fsp3) is 0.467. The van der Waals surface area contributed by atoms with Crippen LogP contribution < -0.4 is 0 Å². The van der Waals surface area contributed by atoms with Crippen molar-refractivity contribution in [3.8, 4) is 0 Å². The van der Waals surface area contributed by atoms with Crippen molar-refractivity contribution in [2.45, 2.75) is 24.2 Å². The van der Waals surface area contributed by atoms with Crippen LogP contribution in [0.5, 0.6) is 0 Å². The lowest BCUT2D eigenvalue weighted by Gasteiger charge is -2.15. The first kappa shape index (κ1) is 15.4. The van der Waals surface area contributed by atoms with Gasteiger partial charge in [-0.15, -0.1) is 11.8 Å². The summed E-state index contributed by atoms with van der Waals surface area (Å²) in [5.74, 6) is 0.604. The Hall–Kier alpha value is -1.01. The SMILES string of the molecule is COCC(C)OCC(O)CSc1cc2ccccc2[nH]1. The number of methoxy groups -OCH3 is 1. The molecule has 2 rings (SSSR count). The predicted molar refractivity (Wildman–Crippen MR) is 82.3 cm³/mol. The average Bonchev–Trinajstić information content (AvgIpc) is 2.86. The van der Waals surface area contributed by atoms with E-state index in [1.165, 1.54) is 5.39 Å². The Morgan fingerprint density at radius 3 is 2.85 bits per heavy atom. The molecular formula is C15H21NO3S. The smallest absolute Gasteiger partial charge is 0.0868 e. The zero-order valence-electron chi connectivity index (χ0n) is 11.8. The molecule has 0 fully saturated rings. The van der Waals surface area contributed by atoms with Crippen LogP contribution in [0.2, 0.25) is 0 Å². The van der Waals surface area contributed by atoms with Gasteiger partial charge in [-0.3, -0.25) is 0 Å². The van der Waals surface area contributed by atoms with Crippen LogP contribution in [0.1, 0.15) is 6.92 Å². The number of benzene rings is 1. The lowest BCUT2D eigenvalue weighted by atomic mass is 10.3. The molecule has 5 heteroatoms. The summed E-state index contributed by atoms with van der Waals surface area (Å²) in [6.45, 7) is 2.81. The summed E-state index contributed by atoms with van der Waals surface area (Å²) in [4.78, 5) is 3.33. The van der Waals surface area contributed by atoms with Gasteiger partial charge in [0.1, 0.15) is 0 Å². The van der Waals surface area contributed by atoms with Gasteiger partial charge in [-0.25, -0.2) is 0 Å². The van der Waals surface area contributed by atoms with Crippen molar-refractivity contribution in [3.63, 3.8) is 0 Å². The fourth-order valence-electron chi connectivity index (χ4n) is 1.92. The Bertz CT molecular complexity index is 496. The molecule has 1 aromatic carbocycles. The molecule has 0 aliphatic heterocycles. The van der Waals surface area contributed by atoms with Crippen molar-refractivity contribution >= 4 is 22.7 Å². The number of aliphatic hydroxyl groups is 1. The molecule has 1 aromatic heterocycles. The highest BCUT2D eigenvalue weighted by Crippen LogP contribution is 2.23. The highest BCUT2D eigenvalue weighted by molar-refractivity contribution is 7.99. The van der Waals surface area contributed by atoms with Crippen LogP contribution in [0.25, 0.3) is 10.9 Å². The van der Waals surface area contributed by atoms with Gasteiger partial charge >= 0.3 is 0 Å². The molecule has 20 heavy (non-hydrogen) atoms. The van der Waals surface area contributed by atoms with Crippen molar-refractivity contribution < 1.29 is 14.6 Å². The summed E-state index contributed by atoms with van der Waals surface area (Å²) >= 11 is 1.60. The number of rotatable bonds is 8. The number of aliphatic hydroxyl groups excluding tert-OH is 1. The number of H-pyrrole nitrogens is 1. The summed E-state index contributed by atoms with van der Waals surface area (Å²) in [6, 6.07) is 10.2. The Labute approximate surface area is 123 Å². The van der Waals surface area contributed by atoms with Gasteiger partial charge < -0.3 is 19.6 Å². The lowest BCUT2D eigenvalue weighted by molar-refractivity contribution is -0.0257. The van der Waals surface area contributed by atoms with E-state index in [4.69, 9.17) is 9.47 Å².